The summed E-state index contributed by atoms with van der Waals surface area (Å²) in [6, 6.07) is 5.93. The standard InChI is InChI=1S/C13H13N3O4/c1-8-5-9(14)7-15-13(8)20-12-6-10(19-2)3-4-11(12)16(17)18/h3-7H,14H2,1-2H3. The SMILES string of the molecule is COc1ccc([N+](=O)[O-])c(Oc2ncc(N)cc2C)c1. The van der Waals surface area contributed by atoms with Gasteiger partial charge >= 0.3 is 5.69 Å². The number of ether oxygens (including phenoxy) is 2. The highest BCUT2D eigenvalue weighted by Crippen LogP contribution is 2.35. The van der Waals surface area contributed by atoms with Gasteiger partial charge in [0, 0.05) is 17.7 Å². The fourth-order valence-electron chi connectivity index (χ4n) is 1.65. The molecule has 2 rings (SSSR count). The number of methoxy groups -OCH3 is 1. The van der Waals surface area contributed by atoms with Crippen molar-refractivity contribution >= 4 is 11.4 Å². The first-order valence-corrected chi connectivity index (χ1v) is 5.73. The second kappa shape index (κ2) is 5.43. The van der Waals surface area contributed by atoms with E-state index in [1.54, 1.807) is 13.0 Å². The van der Waals surface area contributed by atoms with Gasteiger partial charge in [0.15, 0.2) is 0 Å². The summed E-state index contributed by atoms with van der Waals surface area (Å²) in [6.07, 6.45) is 1.42. The van der Waals surface area contributed by atoms with Gasteiger partial charge < -0.3 is 15.2 Å². The van der Waals surface area contributed by atoms with E-state index >= 15 is 0 Å². The van der Waals surface area contributed by atoms with Crippen LogP contribution in [0, 0.1) is 17.0 Å². The molecule has 20 heavy (non-hydrogen) atoms. The summed E-state index contributed by atoms with van der Waals surface area (Å²) in [6.45, 7) is 1.75. The molecule has 0 atom stereocenters. The summed E-state index contributed by atoms with van der Waals surface area (Å²) in [7, 11) is 1.47. The minimum atomic E-state index is -0.526. The summed E-state index contributed by atoms with van der Waals surface area (Å²) >= 11 is 0. The molecule has 2 aromatic rings. The van der Waals surface area contributed by atoms with Gasteiger partial charge in [0.2, 0.25) is 11.6 Å². The van der Waals surface area contributed by atoms with Gasteiger partial charge in [-0.25, -0.2) is 4.98 Å². The molecule has 0 spiro atoms. The summed E-state index contributed by atoms with van der Waals surface area (Å²) < 4.78 is 10.5. The predicted octanol–water partition coefficient (Wildman–Crippen LogP) is 2.68. The molecule has 1 heterocycles. The number of nitrogens with two attached hydrogens (primary N) is 1. The Morgan fingerprint density at radius 3 is 2.70 bits per heavy atom. The Morgan fingerprint density at radius 1 is 1.35 bits per heavy atom. The van der Waals surface area contributed by atoms with E-state index in [0.29, 0.717) is 17.0 Å². The highest BCUT2D eigenvalue weighted by Gasteiger charge is 2.18. The molecule has 0 aliphatic heterocycles. The van der Waals surface area contributed by atoms with Crippen molar-refractivity contribution in [2.45, 2.75) is 6.92 Å². The van der Waals surface area contributed by atoms with Gasteiger partial charge in [0.1, 0.15) is 5.75 Å². The van der Waals surface area contributed by atoms with Gasteiger partial charge in [-0.2, -0.15) is 0 Å². The van der Waals surface area contributed by atoms with Crippen LogP contribution in [0.3, 0.4) is 0 Å². The van der Waals surface area contributed by atoms with Gasteiger partial charge in [-0.1, -0.05) is 0 Å². The quantitative estimate of drug-likeness (QED) is 0.680. The van der Waals surface area contributed by atoms with Gasteiger partial charge in [-0.3, -0.25) is 10.1 Å². The van der Waals surface area contributed by atoms with E-state index in [1.165, 1.54) is 31.5 Å². The molecule has 0 amide bonds. The van der Waals surface area contributed by atoms with E-state index in [9.17, 15) is 10.1 Å². The summed E-state index contributed by atoms with van der Waals surface area (Å²) in [5.74, 6) is 0.781. The first-order chi connectivity index (χ1) is 9.51. The van der Waals surface area contributed by atoms with Crippen molar-refractivity contribution in [2.24, 2.45) is 0 Å². The number of rotatable bonds is 4. The number of hydrogen-bond donors (Lipinski definition) is 1. The number of aromatic nitrogens is 1. The van der Waals surface area contributed by atoms with Crippen molar-refractivity contribution < 1.29 is 14.4 Å². The zero-order valence-corrected chi connectivity index (χ0v) is 11.0. The number of hydrogen-bond acceptors (Lipinski definition) is 6. The number of nitro benzene ring substituents is 1. The lowest BCUT2D eigenvalue weighted by Crippen LogP contribution is -1.98. The zero-order chi connectivity index (χ0) is 14.7. The Labute approximate surface area is 115 Å². The third kappa shape index (κ3) is 2.77. The minimum Gasteiger partial charge on any atom is -0.497 e. The lowest BCUT2D eigenvalue weighted by atomic mass is 10.2. The Hall–Kier alpha value is -2.83. The van der Waals surface area contributed by atoms with Crippen LogP contribution >= 0.6 is 0 Å². The van der Waals surface area contributed by atoms with Gasteiger partial charge in [0.05, 0.1) is 23.9 Å². The number of anilines is 1. The third-order valence-corrected chi connectivity index (χ3v) is 2.62. The Kier molecular flexibility index (Phi) is 3.69. The van der Waals surface area contributed by atoms with E-state index in [0.717, 1.165) is 0 Å². The van der Waals surface area contributed by atoms with Crippen LogP contribution in [0.5, 0.6) is 17.4 Å². The average Bonchev–Trinajstić information content (AvgIpc) is 2.41. The molecule has 0 bridgehead atoms. The van der Waals surface area contributed by atoms with Crippen LogP contribution in [0.15, 0.2) is 30.5 Å². The first-order valence-electron chi connectivity index (χ1n) is 5.73. The molecule has 0 saturated heterocycles. The molecular weight excluding hydrogens is 262 g/mol. The Morgan fingerprint density at radius 2 is 2.10 bits per heavy atom. The molecule has 0 saturated carbocycles. The van der Waals surface area contributed by atoms with Gasteiger partial charge in [-0.15, -0.1) is 0 Å². The molecule has 1 aromatic carbocycles. The van der Waals surface area contributed by atoms with Crippen molar-refractivity contribution in [3.63, 3.8) is 0 Å². The van der Waals surface area contributed by atoms with Crippen LogP contribution in [0.4, 0.5) is 11.4 Å². The monoisotopic (exact) mass is 275 g/mol. The van der Waals surface area contributed by atoms with Crippen LogP contribution in [0.1, 0.15) is 5.56 Å². The molecule has 104 valence electrons. The molecule has 1 aromatic heterocycles. The molecule has 2 N–H and O–H groups in total. The van der Waals surface area contributed by atoms with Crippen LogP contribution in [-0.4, -0.2) is 17.0 Å². The fourth-order valence-corrected chi connectivity index (χ4v) is 1.65. The number of nitrogens with zero attached hydrogens (tertiary/aromatic N) is 2. The molecule has 0 aliphatic rings. The highest BCUT2D eigenvalue weighted by molar-refractivity contribution is 5.53. The highest BCUT2D eigenvalue weighted by atomic mass is 16.6. The second-order valence-corrected chi connectivity index (χ2v) is 4.08. The minimum absolute atomic E-state index is 0.0646. The van der Waals surface area contributed by atoms with Crippen LogP contribution < -0.4 is 15.2 Å². The largest absolute Gasteiger partial charge is 0.497 e. The van der Waals surface area contributed by atoms with Crippen LogP contribution in [0.2, 0.25) is 0 Å². The van der Waals surface area contributed by atoms with Crippen molar-refractivity contribution in [3.05, 3.63) is 46.1 Å². The number of pyridine rings is 1. The van der Waals surface area contributed by atoms with Crippen molar-refractivity contribution in [1.82, 2.24) is 4.98 Å². The summed E-state index contributed by atoms with van der Waals surface area (Å²) in [5.41, 5.74) is 6.61. The molecule has 0 fully saturated rings. The van der Waals surface area contributed by atoms with E-state index in [1.807, 2.05) is 0 Å². The van der Waals surface area contributed by atoms with Gasteiger partial charge in [-0.05, 0) is 19.1 Å². The maximum Gasteiger partial charge on any atom is 0.311 e. The maximum atomic E-state index is 11.0. The number of nitro groups is 1. The second-order valence-electron chi connectivity index (χ2n) is 4.08. The Balaban J connectivity index is 2.43. The molecule has 7 heteroatoms. The maximum absolute atomic E-state index is 11.0. The molecule has 0 unspecified atom stereocenters. The van der Waals surface area contributed by atoms with E-state index in [-0.39, 0.29) is 17.3 Å². The summed E-state index contributed by atoms with van der Waals surface area (Å²) in [4.78, 5) is 14.5. The third-order valence-electron chi connectivity index (χ3n) is 2.62. The van der Waals surface area contributed by atoms with E-state index in [2.05, 4.69) is 4.98 Å². The predicted molar refractivity (Wildman–Crippen MR) is 73.1 cm³/mol. The lowest BCUT2D eigenvalue weighted by molar-refractivity contribution is -0.385. The topological polar surface area (TPSA) is 101 Å². The normalized spacial score (nSPS) is 10.1. The lowest BCUT2D eigenvalue weighted by Gasteiger charge is -2.09. The number of nitrogen functional groups attached to an aromatic ring is 1. The van der Waals surface area contributed by atoms with E-state index < -0.39 is 4.92 Å². The zero-order valence-electron chi connectivity index (χ0n) is 11.0. The van der Waals surface area contributed by atoms with E-state index in [4.69, 9.17) is 15.2 Å². The summed E-state index contributed by atoms with van der Waals surface area (Å²) in [5, 5.41) is 11.0. The van der Waals surface area contributed by atoms with Crippen LogP contribution in [-0.2, 0) is 0 Å². The first kappa shape index (κ1) is 13.6. The molecule has 0 radical (unpaired) electrons. The van der Waals surface area contributed by atoms with Gasteiger partial charge in [0.25, 0.3) is 0 Å². The Bertz CT molecular complexity index is 658. The van der Waals surface area contributed by atoms with Crippen LogP contribution in [0.25, 0.3) is 0 Å². The molecule has 0 aliphatic carbocycles. The fraction of sp³-hybridized carbons (Fsp3) is 0.154. The molecule has 7 nitrogen and oxygen atoms in total. The average molecular weight is 275 g/mol. The molecular formula is C13H13N3O4. The van der Waals surface area contributed by atoms with Crippen molar-refractivity contribution in [1.29, 1.82) is 0 Å². The number of benzene rings is 1. The van der Waals surface area contributed by atoms with Crippen molar-refractivity contribution in [3.8, 4) is 17.4 Å². The van der Waals surface area contributed by atoms with Crippen molar-refractivity contribution in [2.75, 3.05) is 12.8 Å². The smallest absolute Gasteiger partial charge is 0.311 e. The number of aryl methyl sites for hydroxylation is 1.